The molecule has 21 heavy (non-hydrogen) atoms. The lowest BCUT2D eigenvalue weighted by Gasteiger charge is -2.22. The van der Waals surface area contributed by atoms with Crippen molar-refractivity contribution < 1.29 is 9.59 Å². The van der Waals surface area contributed by atoms with Crippen molar-refractivity contribution in [3.63, 3.8) is 0 Å². The quantitative estimate of drug-likeness (QED) is 0.780. The predicted molar refractivity (Wildman–Crippen MR) is 79.8 cm³/mol. The number of hydrogen-bond acceptors (Lipinski definition) is 2. The van der Waals surface area contributed by atoms with Crippen LogP contribution < -0.4 is 0 Å². The third kappa shape index (κ3) is 1.96. The minimum atomic E-state index is -0.130. The highest BCUT2D eigenvalue weighted by Gasteiger charge is 2.40. The lowest BCUT2D eigenvalue weighted by atomic mass is 9.94. The average molecular weight is 279 g/mol. The fraction of sp³-hybridized carbons (Fsp3) is 0.333. The molecule has 3 aliphatic rings. The van der Waals surface area contributed by atoms with Crippen molar-refractivity contribution in [3.05, 3.63) is 59.7 Å². The number of carbonyl (C=O) groups excluding carboxylic acids is 2. The van der Waals surface area contributed by atoms with Crippen molar-refractivity contribution in [3.8, 4) is 0 Å². The number of carbonyl (C=O) groups is 2. The zero-order chi connectivity index (χ0) is 14.4. The van der Waals surface area contributed by atoms with Crippen LogP contribution >= 0.6 is 0 Å². The molecular weight excluding hydrogens is 262 g/mol. The van der Waals surface area contributed by atoms with Gasteiger partial charge in [-0.05, 0) is 42.7 Å². The van der Waals surface area contributed by atoms with Gasteiger partial charge in [-0.25, -0.2) is 0 Å². The van der Waals surface area contributed by atoms with E-state index in [9.17, 15) is 9.59 Å². The summed E-state index contributed by atoms with van der Waals surface area (Å²) in [7, 11) is 0. The number of fused-ring (bicyclic) bond motifs is 3. The van der Waals surface area contributed by atoms with Crippen molar-refractivity contribution in [2.75, 3.05) is 6.54 Å². The maximum absolute atomic E-state index is 12.4. The monoisotopic (exact) mass is 279 g/mol. The van der Waals surface area contributed by atoms with Crippen LogP contribution in [0.15, 0.2) is 48.6 Å². The van der Waals surface area contributed by atoms with E-state index >= 15 is 0 Å². The fourth-order valence-electron chi connectivity index (χ4n) is 3.87. The first-order chi connectivity index (χ1) is 10.2. The van der Waals surface area contributed by atoms with E-state index in [0.717, 1.165) is 12.8 Å². The van der Waals surface area contributed by atoms with Gasteiger partial charge < -0.3 is 0 Å². The van der Waals surface area contributed by atoms with E-state index in [1.807, 2.05) is 12.1 Å². The van der Waals surface area contributed by atoms with Gasteiger partial charge in [0.2, 0.25) is 0 Å². The van der Waals surface area contributed by atoms with Gasteiger partial charge in [0.05, 0.1) is 11.1 Å². The van der Waals surface area contributed by atoms with E-state index in [0.29, 0.717) is 35.4 Å². The zero-order valence-electron chi connectivity index (χ0n) is 11.7. The third-order valence-electron chi connectivity index (χ3n) is 4.93. The molecule has 3 unspecified atom stereocenters. The second-order valence-corrected chi connectivity index (χ2v) is 6.19. The van der Waals surface area contributed by atoms with Crippen LogP contribution in [0, 0.1) is 17.8 Å². The summed E-state index contributed by atoms with van der Waals surface area (Å²) in [6, 6.07) is 7.12. The number of imide groups is 1. The first-order valence-corrected chi connectivity index (χ1v) is 7.54. The van der Waals surface area contributed by atoms with E-state index in [-0.39, 0.29) is 11.8 Å². The molecule has 1 aliphatic heterocycles. The molecule has 0 radical (unpaired) electrons. The molecule has 3 heteroatoms. The lowest BCUT2D eigenvalue weighted by molar-refractivity contribution is 0.0622. The minimum Gasteiger partial charge on any atom is -0.274 e. The summed E-state index contributed by atoms with van der Waals surface area (Å²) in [4.78, 5) is 26.3. The Labute approximate surface area is 123 Å². The fourth-order valence-corrected chi connectivity index (χ4v) is 3.87. The van der Waals surface area contributed by atoms with Crippen LogP contribution in [-0.4, -0.2) is 23.3 Å². The van der Waals surface area contributed by atoms with Crippen LogP contribution in [0.3, 0.4) is 0 Å². The zero-order valence-corrected chi connectivity index (χ0v) is 11.7. The van der Waals surface area contributed by atoms with Crippen molar-refractivity contribution in [1.29, 1.82) is 0 Å². The summed E-state index contributed by atoms with van der Waals surface area (Å²) in [5.74, 6) is 1.20. The van der Waals surface area contributed by atoms with Gasteiger partial charge in [0.15, 0.2) is 0 Å². The van der Waals surface area contributed by atoms with Crippen LogP contribution in [-0.2, 0) is 0 Å². The molecule has 1 saturated carbocycles. The molecule has 3 nitrogen and oxygen atoms in total. The van der Waals surface area contributed by atoms with Gasteiger partial charge in [0, 0.05) is 6.54 Å². The summed E-state index contributed by atoms with van der Waals surface area (Å²) in [6.45, 7) is 0.547. The molecule has 0 saturated heterocycles. The van der Waals surface area contributed by atoms with E-state index in [4.69, 9.17) is 0 Å². The van der Waals surface area contributed by atoms with Gasteiger partial charge in [0.25, 0.3) is 11.8 Å². The van der Waals surface area contributed by atoms with Crippen molar-refractivity contribution in [2.45, 2.75) is 12.8 Å². The first-order valence-electron chi connectivity index (χ1n) is 7.54. The molecule has 3 atom stereocenters. The number of benzene rings is 1. The number of amides is 2. The van der Waals surface area contributed by atoms with E-state index in [1.54, 1.807) is 12.1 Å². The molecule has 1 fully saturated rings. The summed E-state index contributed by atoms with van der Waals surface area (Å²) < 4.78 is 0. The summed E-state index contributed by atoms with van der Waals surface area (Å²) >= 11 is 0. The topological polar surface area (TPSA) is 37.4 Å². The number of nitrogens with zero attached hydrogens (tertiary/aromatic N) is 1. The molecule has 0 N–H and O–H groups in total. The van der Waals surface area contributed by atoms with E-state index in [1.165, 1.54) is 4.90 Å². The van der Waals surface area contributed by atoms with Crippen LogP contribution in [0.1, 0.15) is 33.6 Å². The molecule has 2 amide bonds. The highest BCUT2D eigenvalue weighted by atomic mass is 16.2. The molecule has 0 aromatic heterocycles. The average Bonchev–Trinajstić information content (AvgIpc) is 2.85. The van der Waals surface area contributed by atoms with Crippen molar-refractivity contribution >= 4 is 11.8 Å². The Morgan fingerprint density at radius 2 is 1.62 bits per heavy atom. The Kier molecular flexibility index (Phi) is 2.81. The number of allylic oxidation sites excluding steroid dienone is 4. The number of rotatable bonds is 2. The molecule has 106 valence electrons. The molecule has 4 rings (SSSR count). The smallest absolute Gasteiger partial charge is 0.261 e. The lowest BCUT2D eigenvalue weighted by Crippen LogP contribution is -2.35. The normalized spacial score (nSPS) is 29.9. The Bertz CT molecular complexity index is 639. The van der Waals surface area contributed by atoms with Crippen LogP contribution in [0.4, 0.5) is 0 Å². The van der Waals surface area contributed by atoms with Crippen LogP contribution in [0.2, 0.25) is 0 Å². The van der Waals surface area contributed by atoms with Crippen molar-refractivity contribution in [2.24, 2.45) is 17.8 Å². The van der Waals surface area contributed by atoms with Gasteiger partial charge >= 0.3 is 0 Å². The molecule has 2 aliphatic carbocycles. The maximum atomic E-state index is 12.4. The Hall–Kier alpha value is -2.16. The molecule has 0 spiro atoms. The highest BCUT2D eigenvalue weighted by molar-refractivity contribution is 6.21. The van der Waals surface area contributed by atoms with Gasteiger partial charge in [-0.3, -0.25) is 14.5 Å². The van der Waals surface area contributed by atoms with Crippen LogP contribution in [0.5, 0.6) is 0 Å². The predicted octanol–water partition coefficient (Wildman–Crippen LogP) is 3.05. The Balaban J connectivity index is 1.57. The first kappa shape index (κ1) is 12.6. The summed E-state index contributed by atoms with van der Waals surface area (Å²) in [6.07, 6.45) is 10.9. The van der Waals surface area contributed by atoms with Gasteiger partial charge in [-0.1, -0.05) is 36.4 Å². The molecule has 2 bridgehead atoms. The standard InChI is InChI=1S/C18H17NO2/c20-17-15-7-3-4-8-16(15)18(21)19(17)11-14-10-12-5-1-2-6-13(14)9-12/h1-8,12-14H,9-11H2. The van der Waals surface area contributed by atoms with E-state index in [2.05, 4.69) is 24.3 Å². The maximum Gasteiger partial charge on any atom is 0.261 e. The third-order valence-corrected chi connectivity index (χ3v) is 4.93. The Morgan fingerprint density at radius 1 is 0.952 bits per heavy atom. The molecule has 1 heterocycles. The van der Waals surface area contributed by atoms with Gasteiger partial charge in [-0.2, -0.15) is 0 Å². The van der Waals surface area contributed by atoms with Gasteiger partial charge in [0.1, 0.15) is 0 Å². The van der Waals surface area contributed by atoms with Crippen molar-refractivity contribution in [1.82, 2.24) is 4.90 Å². The molecular formula is C18H17NO2. The van der Waals surface area contributed by atoms with Gasteiger partial charge in [-0.15, -0.1) is 0 Å². The molecule has 1 aromatic rings. The second-order valence-electron chi connectivity index (χ2n) is 6.19. The second kappa shape index (κ2) is 4.69. The minimum absolute atomic E-state index is 0.130. The van der Waals surface area contributed by atoms with E-state index < -0.39 is 0 Å². The highest BCUT2D eigenvalue weighted by Crippen LogP contribution is 2.40. The Morgan fingerprint density at radius 3 is 2.33 bits per heavy atom. The van der Waals surface area contributed by atoms with Crippen LogP contribution in [0.25, 0.3) is 0 Å². The summed E-state index contributed by atoms with van der Waals surface area (Å²) in [5.41, 5.74) is 1.10. The molecule has 1 aromatic carbocycles. The summed E-state index contributed by atoms with van der Waals surface area (Å²) in [5, 5.41) is 0. The number of hydrogen-bond donors (Lipinski definition) is 0. The SMILES string of the molecule is O=C1c2ccccc2C(=O)N1CC1CC2C=CC=CC1C2. The largest absolute Gasteiger partial charge is 0.274 e.